The number of halogens is 2. The van der Waals surface area contributed by atoms with E-state index in [0.717, 1.165) is 54.0 Å². The van der Waals surface area contributed by atoms with E-state index in [-0.39, 0.29) is 0 Å². The van der Waals surface area contributed by atoms with E-state index in [1.807, 2.05) is 19.1 Å². The molecule has 182 valence electrons. The van der Waals surface area contributed by atoms with E-state index in [0.29, 0.717) is 23.8 Å². The Kier molecular flexibility index (Phi) is 8.96. The lowest BCUT2D eigenvalue weighted by molar-refractivity contribution is 0.108. The van der Waals surface area contributed by atoms with Gasteiger partial charge in [-0.1, -0.05) is 45.4 Å². The second-order valence-corrected chi connectivity index (χ2v) is 9.75. The van der Waals surface area contributed by atoms with Crippen LogP contribution in [-0.4, -0.2) is 35.6 Å². The Hall–Kier alpha value is -2.67. The van der Waals surface area contributed by atoms with Crippen LogP contribution in [-0.2, 0) is 11.4 Å². The third kappa shape index (κ3) is 7.17. The maximum atomic E-state index is 11.2. The van der Waals surface area contributed by atoms with Crippen LogP contribution in [0.4, 0.5) is 0 Å². The lowest BCUT2D eigenvalue weighted by Gasteiger charge is -2.32. The van der Waals surface area contributed by atoms with Crippen LogP contribution < -0.4 is 4.74 Å². The minimum absolute atomic E-state index is 0.384. The molecule has 3 aromatic rings. The zero-order chi connectivity index (χ0) is 24.6. The molecule has 0 amide bonds. The van der Waals surface area contributed by atoms with Gasteiger partial charge in [-0.2, -0.15) is 0 Å². The first-order valence-corrected chi connectivity index (χ1v) is 12.9. The molecule has 0 atom stereocenters. The van der Waals surface area contributed by atoms with Crippen LogP contribution in [0.25, 0.3) is 0 Å². The fraction of sp³-hybridized carbons (Fsp3) is 0.286. The van der Waals surface area contributed by atoms with Gasteiger partial charge in [-0.15, -0.1) is 0 Å². The van der Waals surface area contributed by atoms with Crippen molar-refractivity contribution in [1.82, 2.24) is 4.90 Å². The quantitative estimate of drug-likeness (QED) is 0.158. The zero-order valence-corrected chi connectivity index (χ0v) is 22.0. The minimum atomic E-state index is -0.476. The molecule has 0 aromatic heterocycles. The summed E-state index contributed by atoms with van der Waals surface area (Å²) in [6.45, 7) is 5.44. The number of hydrogen-bond donors (Lipinski definition) is 0. The van der Waals surface area contributed by atoms with E-state index in [9.17, 15) is 4.79 Å². The van der Waals surface area contributed by atoms with Crippen LogP contribution in [0.5, 0.6) is 11.5 Å². The number of carbonyl (C=O) groups excluding carboxylic acids is 1. The first-order chi connectivity index (χ1) is 17.0. The van der Waals surface area contributed by atoms with Crippen molar-refractivity contribution in [3.63, 3.8) is 0 Å². The van der Waals surface area contributed by atoms with E-state index in [1.54, 1.807) is 24.3 Å². The summed E-state index contributed by atoms with van der Waals surface area (Å²) in [6.07, 6.45) is 2.09. The first-order valence-electron chi connectivity index (χ1n) is 11.8. The van der Waals surface area contributed by atoms with Crippen LogP contribution in [0.1, 0.15) is 41.3 Å². The third-order valence-electron chi connectivity index (χ3n) is 6.05. The van der Waals surface area contributed by atoms with Crippen molar-refractivity contribution in [3.8, 4) is 11.5 Å². The minimum Gasteiger partial charge on any atom is -0.457 e. The second kappa shape index (κ2) is 12.3. The van der Waals surface area contributed by atoms with Crippen LogP contribution in [0.2, 0.25) is 0 Å². The number of nitrogens with zero attached hydrogens (tertiary/aromatic N) is 2. The number of ether oxygens (including phenoxy) is 1. The lowest BCUT2D eigenvalue weighted by atomic mass is 9.88. The normalized spacial score (nSPS) is 15.1. The highest BCUT2D eigenvalue weighted by Gasteiger charge is 2.25. The largest absolute Gasteiger partial charge is 0.457 e. The Morgan fingerprint density at radius 3 is 2.09 bits per heavy atom. The maximum absolute atomic E-state index is 11.2. The van der Waals surface area contributed by atoms with Crippen molar-refractivity contribution < 1.29 is 14.4 Å². The van der Waals surface area contributed by atoms with Gasteiger partial charge in [-0.05, 0) is 104 Å². The number of piperidine rings is 1. The molecule has 0 unspecified atom stereocenters. The Balaban J connectivity index is 1.31. The summed E-state index contributed by atoms with van der Waals surface area (Å²) in [5.74, 6) is 1.80. The van der Waals surface area contributed by atoms with Gasteiger partial charge in [0.05, 0.1) is 5.71 Å². The summed E-state index contributed by atoms with van der Waals surface area (Å²) in [7, 11) is 0. The van der Waals surface area contributed by atoms with Crippen molar-refractivity contribution in [2.24, 2.45) is 11.1 Å². The average Bonchev–Trinajstić information content (AvgIpc) is 2.88. The molecule has 0 saturated carbocycles. The smallest absolute Gasteiger partial charge is 0.252 e. The van der Waals surface area contributed by atoms with Crippen molar-refractivity contribution in [2.45, 2.75) is 26.3 Å². The number of benzene rings is 3. The molecule has 3 aromatic carbocycles. The summed E-state index contributed by atoms with van der Waals surface area (Å²) in [6, 6.07) is 23.2. The molecule has 1 aliphatic rings. The van der Waals surface area contributed by atoms with Gasteiger partial charge < -0.3 is 9.57 Å². The van der Waals surface area contributed by atoms with Crippen molar-refractivity contribution >= 4 is 38.5 Å². The van der Waals surface area contributed by atoms with Crippen LogP contribution >= 0.6 is 27.5 Å². The van der Waals surface area contributed by atoms with E-state index < -0.39 is 5.24 Å². The molecule has 0 bridgehead atoms. The fourth-order valence-electron chi connectivity index (χ4n) is 4.19. The number of carbonyl (C=O) groups is 1. The van der Waals surface area contributed by atoms with E-state index in [1.165, 1.54) is 5.56 Å². The highest BCUT2D eigenvalue weighted by molar-refractivity contribution is 9.10. The highest BCUT2D eigenvalue weighted by Crippen LogP contribution is 2.26. The molecule has 1 fully saturated rings. The number of hydrogen-bond acceptors (Lipinski definition) is 5. The summed E-state index contributed by atoms with van der Waals surface area (Å²) < 4.78 is 6.94. The average molecular weight is 556 g/mol. The van der Waals surface area contributed by atoms with Crippen molar-refractivity contribution in [1.29, 1.82) is 0 Å². The zero-order valence-electron chi connectivity index (χ0n) is 19.6. The number of oxime groups is 1. The van der Waals surface area contributed by atoms with Crippen LogP contribution in [0, 0.1) is 5.92 Å². The van der Waals surface area contributed by atoms with Crippen molar-refractivity contribution in [3.05, 3.63) is 94.0 Å². The molecule has 5 nitrogen and oxygen atoms in total. The molecule has 0 radical (unpaired) electrons. The Morgan fingerprint density at radius 1 is 0.943 bits per heavy atom. The van der Waals surface area contributed by atoms with E-state index in [2.05, 4.69) is 62.4 Å². The molecule has 0 aliphatic carbocycles. The van der Waals surface area contributed by atoms with Gasteiger partial charge in [0.15, 0.2) is 0 Å². The van der Waals surface area contributed by atoms with Gasteiger partial charge in [-0.3, -0.25) is 9.69 Å². The second-order valence-electron chi connectivity index (χ2n) is 8.50. The molecule has 35 heavy (non-hydrogen) atoms. The van der Waals surface area contributed by atoms with Crippen molar-refractivity contribution in [2.75, 3.05) is 19.7 Å². The fourth-order valence-corrected chi connectivity index (χ4v) is 4.58. The number of rotatable bonds is 9. The summed E-state index contributed by atoms with van der Waals surface area (Å²) in [4.78, 5) is 19.1. The molecule has 1 heterocycles. The summed E-state index contributed by atoms with van der Waals surface area (Å²) in [5, 5.41) is 4.00. The van der Waals surface area contributed by atoms with E-state index >= 15 is 0 Å². The number of likely N-dealkylation sites (tertiary alicyclic amines) is 1. The first kappa shape index (κ1) is 25.4. The van der Waals surface area contributed by atoms with Gasteiger partial charge in [0.1, 0.15) is 18.1 Å². The van der Waals surface area contributed by atoms with Crippen LogP contribution in [0.15, 0.2) is 82.4 Å². The predicted molar refractivity (Wildman–Crippen MR) is 143 cm³/mol. The lowest BCUT2D eigenvalue weighted by Crippen LogP contribution is -2.36. The molecular formula is C28H28BrClN2O3. The Morgan fingerprint density at radius 2 is 1.51 bits per heavy atom. The topological polar surface area (TPSA) is 51.1 Å². The monoisotopic (exact) mass is 554 g/mol. The highest BCUT2D eigenvalue weighted by atomic mass is 79.9. The Bertz CT molecular complexity index is 1140. The molecular weight excluding hydrogens is 528 g/mol. The van der Waals surface area contributed by atoms with Gasteiger partial charge in [0.2, 0.25) is 0 Å². The maximum Gasteiger partial charge on any atom is 0.252 e. The molecule has 0 N–H and O–H groups in total. The van der Waals surface area contributed by atoms with Gasteiger partial charge >= 0.3 is 0 Å². The van der Waals surface area contributed by atoms with Crippen LogP contribution in [0.3, 0.4) is 0 Å². The molecule has 4 rings (SSSR count). The summed E-state index contributed by atoms with van der Waals surface area (Å²) >= 11 is 9.00. The molecule has 7 heteroatoms. The van der Waals surface area contributed by atoms with Gasteiger partial charge in [0.25, 0.3) is 5.24 Å². The SMILES string of the molecule is CCO/N=C(\c1ccc(Br)cc1)C1CCN(Cc2ccc(Oc3ccc(C(=O)Cl)cc3)cc2)CC1. The van der Waals surface area contributed by atoms with Gasteiger partial charge in [0, 0.05) is 22.5 Å². The Labute approximate surface area is 219 Å². The van der Waals surface area contributed by atoms with Gasteiger partial charge in [-0.25, -0.2) is 0 Å². The molecule has 1 aliphatic heterocycles. The summed E-state index contributed by atoms with van der Waals surface area (Å²) in [5.41, 5.74) is 3.87. The molecule has 0 spiro atoms. The third-order valence-corrected chi connectivity index (χ3v) is 6.80. The standard InChI is InChI=1S/C28H28BrClN2O3/c1-2-34-31-27(21-5-9-24(29)10-6-21)22-15-17-32(18-16-22)19-20-3-11-25(12-4-20)35-26-13-7-23(8-14-26)28(30)33/h3-14,22H,2,15-19H2,1H3/b31-27+. The predicted octanol–water partition coefficient (Wildman–Crippen LogP) is 7.27. The molecule has 1 saturated heterocycles. The van der Waals surface area contributed by atoms with E-state index in [4.69, 9.17) is 21.2 Å².